The highest BCUT2D eigenvalue weighted by molar-refractivity contribution is 5.76. The van der Waals surface area contributed by atoms with Crippen LogP contribution in [-0.4, -0.2) is 42.1 Å². The first kappa shape index (κ1) is 19.8. The minimum Gasteiger partial charge on any atom is -0.444 e. The van der Waals surface area contributed by atoms with Gasteiger partial charge in [0.05, 0.1) is 0 Å². The van der Waals surface area contributed by atoms with Crippen LogP contribution in [0.15, 0.2) is 0 Å². The van der Waals surface area contributed by atoms with E-state index in [4.69, 9.17) is 4.74 Å². The Hall–Kier alpha value is -1.26. The topological polar surface area (TPSA) is 58.6 Å². The molecule has 1 atom stereocenters. The van der Waals surface area contributed by atoms with Crippen LogP contribution in [0.1, 0.15) is 72.6 Å². The van der Waals surface area contributed by atoms with E-state index >= 15 is 0 Å². The van der Waals surface area contributed by atoms with Crippen molar-refractivity contribution >= 4 is 12.0 Å². The van der Waals surface area contributed by atoms with Crippen LogP contribution in [0, 0.1) is 5.92 Å². The largest absolute Gasteiger partial charge is 0.444 e. The van der Waals surface area contributed by atoms with Gasteiger partial charge in [-0.15, -0.1) is 0 Å². The lowest BCUT2D eigenvalue weighted by Crippen LogP contribution is -2.34. The number of carbonyl (C=O) groups is 2. The highest BCUT2D eigenvalue weighted by Crippen LogP contribution is 2.22. The first-order valence-electron chi connectivity index (χ1n) is 9.06. The van der Waals surface area contributed by atoms with Crippen molar-refractivity contribution < 1.29 is 14.3 Å². The predicted octanol–water partition coefficient (Wildman–Crippen LogP) is 3.72. The van der Waals surface area contributed by atoms with E-state index in [1.807, 2.05) is 25.7 Å². The molecule has 0 saturated carbocycles. The van der Waals surface area contributed by atoms with Crippen molar-refractivity contribution in [3.05, 3.63) is 0 Å². The van der Waals surface area contributed by atoms with E-state index in [2.05, 4.69) is 12.2 Å². The first-order valence-corrected chi connectivity index (χ1v) is 9.06. The fourth-order valence-corrected chi connectivity index (χ4v) is 3.01. The number of rotatable bonds is 6. The summed E-state index contributed by atoms with van der Waals surface area (Å²) in [6.45, 7) is 9.99. The molecule has 1 rings (SSSR count). The van der Waals surface area contributed by atoms with Crippen LogP contribution in [0.3, 0.4) is 0 Å². The Bertz CT molecular complexity index is 377. The average Bonchev–Trinajstić information content (AvgIpc) is 2.67. The SMILES string of the molecule is CCCC1CCCN(C(=O)CCCNC(=O)OC(C)(C)C)CC1. The molecule has 1 N–H and O–H groups in total. The number of hydrogen-bond donors (Lipinski definition) is 1. The third-order valence-electron chi connectivity index (χ3n) is 4.13. The van der Waals surface area contributed by atoms with Crippen LogP contribution in [0.2, 0.25) is 0 Å². The fraction of sp³-hybridized carbons (Fsp3) is 0.889. The van der Waals surface area contributed by atoms with Gasteiger partial charge in [0.15, 0.2) is 0 Å². The summed E-state index contributed by atoms with van der Waals surface area (Å²) in [5.74, 6) is 1.000. The second-order valence-electron chi connectivity index (χ2n) is 7.50. The molecule has 0 aromatic heterocycles. The number of nitrogens with zero attached hydrogens (tertiary/aromatic N) is 1. The molecule has 1 fully saturated rings. The number of hydrogen-bond acceptors (Lipinski definition) is 3. The van der Waals surface area contributed by atoms with Crippen LogP contribution >= 0.6 is 0 Å². The molecule has 0 aliphatic carbocycles. The number of carbonyl (C=O) groups excluding carboxylic acids is 2. The third-order valence-corrected chi connectivity index (χ3v) is 4.13. The van der Waals surface area contributed by atoms with Crippen LogP contribution < -0.4 is 5.32 Å². The Kier molecular flexibility index (Phi) is 8.42. The maximum atomic E-state index is 12.3. The molecule has 1 aliphatic heterocycles. The molecule has 0 spiro atoms. The molecule has 1 aliphatic rings. The van der Waals surface area contributed by atoms with Crippen molar-refractivity contribution in [3.8, 4) is 0 Å². The van der Waals surface area contributed by atoms with Gasteiger partial charge in [0.25, 0.3) is 0 Å². The quantitative estimate of drug-likeness (QED) is 0.757. The van der Waals surface area contributed by atoms with Crippen molar-refractivity contribution in [1.29, 1.82) is 0 Å². The van der Waals surface area contributed by atoms with Gasteiger partial charge < -0.3 is 15.0 Å². The van der Waals surface area contributed by atoms with Gasteiger partial charge in [-0.25, -0.2) is 4.79 Å². The lowest BCUT2D eigenvalue weighted by molar-refractivity contribution is -0.131. The van der Waals surface area contributed by atoms with Gasteiger partial charge in [-0.05, 0) is 52.4 Å². The van der Waals surface area contributed by atoms with Gasteiger partial charge in [-0.3, -0.25) is 4.79 Å². The Morgan fingerprint density at radius 2 is 1.96 bits per heavy atom. The monoisotopic (exact) mass is 326 g/mol. The zero-order chi connectivity index (χ0) is 17.3. The smallest absolute Gasteiger partial charge is 0.407 e. The van der Waals surface area contributed by atoms with Crippen molar-refractivity contribution in [2.24, 2.45) is 5.92 Å². The van der Waals surface area contributed by atoms with Gasteiger partial charge in [-0.2, -0.15) is 0 Å². The average molecular weight is 326 g/mol. The number of alkyl carbamates (subject to hydrolysis) is 1. The van der Waals surface area contributed by atoms with E-state index in [0.717, 1.165) is 31.8 Å². The predicted molar refractivity (Wildman–Crippen MR) is 92.3 cm³/mol. The van der Waals surface area contributed by atoms with Crippen molar-refractivity contribution in [1.82, 2.24) is 10.2 Å². The maximum Gasteiger partial charge on any atom is 0.407 e. The summed E-state index contributed by atoms with van der Waals surface area (Å²) in [5.41, 5.74) is -0.485. The summed E-state index contributed by atoms with van der Waals surface area (Å²) in [4.78, 5) is 25.8. The molecule has 2 amide bonds. The molecule has 1 heterocycles. The molecule has 1 saturated heterocycles. The lowest BCUT2D eigenvalue weighted by atomic mass is 9.96. The summed E-state index contributed by atoms with van der Waals surface area (Å²) in [5, 5.41) is 2.70. The zero-order valence-electron chi connectivity index (χ0n) is 15.3. The van der Waals surface area contributed by atoms with Gasteiger partial charge in [0, 0.05) is 26.1 Å². The van der Waals surface area contributed by atoms with E-state index in [9.17, 15) is 9.59 Å². The third kappa shape index (κ3) is 8.82. The number of likely N-dealkylation sites (tertiary alicyclic amines) is 1. The van der Waals surface area contributed by atoms with Gasteiger partial charge in [0.1, 0.15) is 5.60 Å². The highest BCUT2D eigenvalue weighted by Gasteiger charge is 2.20. The van der Waals surface area contributed by atoms with E-state index in [0.29, 0.717) is 19.4 Å². The molecule has 0 aromatic carbocycles. The first-order chi connectivity index (χ1) is 10.8. The summed E-state index contributed by atoms with van der Waals surface area (Å²) >= 11 is 0. The number of amides is 2. The Balaban J connectivity index is 2.20. The Morgan fingerprint density at radius 1 is 1.22 bits per heavy atom. The summed E-state index contributed by atoms with van der Waals surface area (Å²) in [6.07, 6.45) is 6.75. The Labute approximate surface area is 141 Å². The number of ether oxygens (including phenoxy) is 1. The molecular weight excluding hydrogens is 292 g/mol. The van der Waals surface area contributed by atoms with E-state index < -0.39 is 11.7 Å². The molecule has 134 valence electrons. The molecule has 0 bridgehead atoms. The minimum atomic E-state index is -0.485. The molecule has 1 unspecified atom stereocenters. The second kappa shape index (κ2) is 9.78. The lowest BCUT2D eigenvalue weighted by Gasteiger charge is -2.21. The molecule has 5 heteroatoms. The molecule has 0 aromatic rings. The van der Waals surface area contributed by atoms with E-state index in [1.54, 1.807) is 0 Å². The molecule has 23 heavy (non-hydrogen) atoms. The van der Waals surface area contributed by atoms with Crippen LogP contribution in [0.4, 0.5) is 4.79 Å². The maximum absolute atomic E-state index is 12.3. The summed E-state index contributed by atoms with van der Waals surface area (Å²) in [7, 11) is 0. The molecule has 5 nitrogen and oxygen atoms in total. The van der Waals surface area contributed by atoms with E-state index in [1.165, 1.54) is 19.3 Å². The normalized spacial score (nSPS) is 19.1. The van der Waals surface area contributed by atoms with Crippen LogP contribution in [0.25, 0.3) is 0 Å². The van der Waals surface area contributed by atoms with Crippen molar-refractivity contribution in [3.63, 3.8) is 0 Å². The minimum absolute atomic E-state index is 0.216. The van der Waals surface area contributed by atoms with Gasteiger partial charge in [-0.1, -0.05) is 19.8 Å². The summed E-state index contributed by atoms with van der Waals surface area (Å²) < 4.78 is 5.17. The fourth-order valence-electron chi connectivity index (χ4n) is 3.01. The van der Waals surface area contributed by atoms with Gasteiger partial charge in [0.2, 0.25) is 5.91 Å². The van der Waals surface area contributed by atoms with Crippen molar-refractivity contribution in [2.75, 3.05) is 19.6 Å². The van der Waals surface area contributed by atoms with Crippen LogP contribution in [-0.2, 0) is 9.53 Å². The van der Waals surface area contributed by atoms with Crippen LogP contribution in [0.5, 0.6) is 0 Å². The number of nitrogens with one attached hydrogen (secondary N) is 1. The zero-order valence-corrected chi connectivity index (χ0v) is 15.3. The highest BCUT2D eigenvalue weighted by atomic mass is 16.6. The van der Waals surface area contributed by atoms with Crippen molar-refractivity contribution in [2.45, 2.75) is 78.2 Å². The standard InChI is InChI=1S/C18H34N2O3/c1-5-8-15-9-7-13-20(14-11-15)16(21)10-6-12-19-17(22)23-18(2,3)4/h15H,5-14H2,1-4H3,(H,19,22). The molecular formula is C18H34N2O3. The second-order valence-corrected chi connectivity index (χ2v) is 7.50. The Morgan fingerprint density at radius 3 is 2.61 bits per heavy atom. The van der Waals surface area contributed by atoms with E-state index in [-0.39, 0.29) is 5.91 Å². The van der Waals surface area contributed by atoms with Gasteiger partial charge >= 0.3 is 6.09 Å². The summed E-state index contributed by atoms with van der Waals surface area (Å²) in [6, 6.07) is 0. The molecule has 0 radical (unpaired) electrons.